The smallest absolute Gasteiger partial charge is 0.290 e. The molecule has 2 aromatic carbocycles. The van der Waals surface area contributed by atoms with Crippen molar-refractivity contribution in [3.8, 4) is 11.5 Å². The van der Waals surface area contributed by atoms with Crippen molar-refractivity contribution in [3.05, 3.63) is 68.6 Å². The van der Waals surface area contributed by atoms with Crippen LogP contribution in [-0.4, -0.2) is 42.3 Å². The van der Waals surface area contributed by atoms with Crippen molar-refractivity contribution < 1.29 is 23.8 Å². The minimum absolute atomic E-state index is 0.0307. The van der Waals surface area contributed by atoms with Gasteiger partial charge in [0.05, 0.1) is 36.8 Å². The third-order valence-electron chi connectivity index (χ3n) is 6.27. The fourth-order valence-corrected chi connectivity index (χ4v) is 4.65. The second-order valence-corrected chi connectivity index (χ2v) is 9.43. The number of carbonyl (C=O) groups is 1. The molecule has 3 aromatic rings. The van der Waals surface area contributed by atoms with Crippen LogP contribution in [0.4, 0.5) is 0 Å². The predicted octanol–water partition coefficient (Wildman–Crippen LogP) is 4.77. The number of aryl methyl sites for hydroxylation is 2. The number of ether oxygens (including phenoxy) is 2. The van der Waals surface area contributed by atoms with Gasteiger partial charge in [-0.2, -0.15) is 0 Å². The number of aliphatic hydroxyl groups excluding tert-OH is 1. The lowest BCUT2D eigenvalue weighted by atomic mass is 9.97. The van der Waals surface area contributed by atoms with Crippen molar-refractivity contribution in [1.82, 2.24) is 4.90 Å². The number of hydrogen-bond acceptors (Lipinski definition) is 6. The van der Waals surface area contributed by atoms with Crippen LogP contribution in [0.15, 0.2) is 39.5 Å². The molecule has 186 valence electrons. The zero-order valence-electron chi connectivity index (χ0n) is 21.0. The van der Waals surface area contributed by atoms with E-state index in [4.69, 9.17) is 13.9 Å². The van der Waals surface area contributed by atoms with E-state index in [1.807, 2.05) is 45.0 Å². The van der Waals surface area contributed by atoms with E-state index in [1.165, 1.54) is 4.90 Å². The average molecular weight is 480 g/mol. The molecule has 0 aliphatic carbocycles. The summed E-state index contributed by atoms with van der Waals surface area (Å²) in [6.07, 6.45) is 0.912. The first-order valence-corrected chi connectivity index (χ1v) is 12.2. The molecule has 0 saturated heterocycles. The monoisotopic (exact) mass is 479 g/mol. The first-order valence-electron chi connectivity index (χ1n) is 12.2. The topological polar surface area (TPSA) is 89.2 Å². The van der Waals surface area contributed by atoms with Gasteiger partial charge in [-0.05, 0) is 68.0 Å². The molecule has 2 heterocycles. The number of amides is 1. The Balaban J connectivity index is 1.86. The SMILES string of the molecule is CCOc1cc(C2c3c(oc4c(C)cc(C)cc4c3=O)C(=O)N2CCO)ccc1OCCC(C)C. The number of β-amino-alcohol motifs (C(OH)–C–C–N with tert-alkyl or cyclic N) is 1. The third-order valence-corrected chi connectivity index (χ3v) is 6.27. The maximum Gasteiger partial charge on any atom is 0.290 e. The first-order chi connectivity index (χ1) is 16.8. The molecule has 7 heteroatoms. The molecular formula is C28H33NO6. The summed E-state index contributed by atoms with van der Waals surface area (Å²) in [5.41, 5.74) is 2.91. The Labute approximate surface area is 205 Å². The van der Waals surface area contributed by atoms with E-state index in [-0.39, 0.29) is 29.9 Å². The van der Waals surface area contributed by atoms with Gasteiger partial charge in [0, 0.05) is 6.54 Å². The van der Waals surface area contributed by atoms with E-state index < -0.39 is 11.9 Å². The van der Waals surface area contributed by atoms with Crippen LogP contribution in [0.25, 0.3) is 11.0 Å². The van der Waals surface area contributed by atoms with Crippen molar-refractivity contribution >= 4 is 16.9 Å². The lowest BCUT2D eigenvalue weighted by Gasteiger charge is -2.25. The zero-order valence-corrected chi connectivity index (χ0v) is 21.0. The molecule has 1 aliphatic rings. The maximum absolute atomic E-state index is 13.7. The normalized spacial score (nSPS) is 15.2. The summed E-state index contributed by atoms with van der Waals surface area (Å²) in [7, 11) is 0. The molecule has 1 atom stereocenters. The van der Waals surface area contributed by atoms with Crippen molar-refractivity contribution in [3.63, 3.8) is 0 Å². The number of fused-ring (bicyclic) bond motifs is 2. The van der Waals surface area contributed by atoms with Gasteiger partial charge >= 0.3 is 0 Å². The zero-order chi connectivity index (χ0) is 25.3. The summed E-state index contributed by atoms with van der Waals surface area (Å²) in [5.74, 6) is 1.30. The van der Waals surface area contributed by atoms with Gasteiger partial charge in [-0.15, -0.1) is 0 Å². The summed E-state index contributed by atoms with van der Waals surface area (Å²) in [4.78, 5) is 28.6. The highest BCUT2D eigenvalue weighted by Gasteiger charge is 2.42. The molecule has 0 fully saturated rings. The molecule has 1 aromatic heterocycles. The van der Waals surface area contributed by atoms with Crippen LogP contribution in [0.2, 0.25) is 0 Å². The average Bonchev–Trinajstić information content (AvgIpc) is 3.08. The van der Waals surface area contributed by atoms with E-state index in [9.17, 15) is 14.7 Å². The second-order valence-electron chi connectivity index (χ2n) is 9.43. The quantitative estimate of drug-likeness (QED) is 0.476. The highest BCUT2D eigenvalue weighted by molar-refractivity contribution is 5.99. The van der Waals surface area contributed by atoms with Gasteiger partial charge in [-0.1, -0.05) is 26.0 Å². The molecule has 4 rings (SSSR count). The van der Waals surface area contributed by atoms with Gasteiger partial charge < -0.3 is 23.9 Å². The predicted molar refractivity (Wildman–Crippen MR) is 134 cm³/mol. The molecule has 7 nitrogen and oxygen atoms in total. The fourth-order valence-electron chi connectivity index (χ4n) is 4.65. The summed E-state index contributed by atoms with van der Waals surface area (Å²) >= 11 is 0. The van der Waals surface area contributed by atoms with Gasteiger partial charge in [0.25, 0.3) is 5.91 Å². The minimum atomic E-state index is -0.699. The van der Waals surface area contributed by atoms with E-state index >= 15 is 0 Å². The Morgan fingerprint density at radius 2 is 1.86 bits per heavy atom. The van der Waals surface area contributed by atoms with Crippen LogP contribution in [0.1, 0.15) is 66.0 Å². The maximum atomic E-state index is 13.7. The summed E-state index contributed by atoms with van der Waals surface area (Å²) in [6.45, 7) is 10.8. The van der Waals surface area contributed by atoms with Crippen LogP contribution in [0, 0.1) is 19.8 Å². The highest BCUT2D eigenvalue weighted by atomic mass is 16.5. The highest BCUT2D eigenvalue weighted by Crippen LogP contribution is 2.41. The van der Waals surface area contributed by atoms with Gasteiger partial charge in [0.2, 0.25) is 5.76 Å². The lowest BCUT2D eigenvalue weighted by molar-refractivity contribution is 0.0691. The minimum Gasteiger partial charge on any atom is -0.490 e. The Morgan fingerprint density at radius 3 is 2.54 bits per heavy atom. The van der Waals surface area contributed by atoms with Crippen LogP contribution in [-0.2, 0) is 0 Å². The Bertz CT molecular complexity index is 1310. The number of benzene rings is 2. The molecule has 0 radical (unpaired) electrons. The van der Waals surface area contributed by atoms with E-state index in [2.05, 4.69) is 13.8 Å². The molecule has 0 spiro atoms. The molecule has 35 heavy (non-hydrogen) atoms. The first kappa shape index (κ1) is 24.8. The van der Waals surface area contributed by atoms with Crippen LogP contribution in [0.5, 0.6) is 11.5 Å². The number of hydrogen-bond donors (Lipinski definition) is 1. The molecule has 1 N–H and O–H groups in total. The molecule has 1 amide bonds. The van der Waals surface area contributed by atoms with Crippen molar-refractivity contribution in [2.75, 3.05) is 26.4 Å². The van der Waals surface area contributed by atoms with E-state index in [0.717, 1.165) is 17.5 Å². The van der Waals surface area contributed by atoms with Crippen LogP contribution >= 0.6 is 0 Å². The van der Waals surface area contributed by atoms with Crippen molar-refractivity contribution in [2.24, 2.45) is 5.92 Å². The summed E-state index contributed by atoms with van der Waals surface area (Å²) in [6, 6.07) is 8.49. The number of aliphatic hydroxyl groups is 1. The van der Waals surface area contributed by atoms with Crippen molar-refractivity contribution in [2.45, 2.75) is 47.1 Å². The molecular weight excluding hydrogens is 446 g/mol. The van der Waals surface area contributed by atoms with Crippen LogP contribution < -0.4 is 14.9 Å². The van der Waals surface area contributed by atoms with E-state index in [0.29, 0.717) is 47.2 Å². The van der Waals surface area contributed by atoms with Crippen molar-refractivity contribution in [1.29, 1.82) is 0 Å². The Morgan fingerprint density at radius 1 is 1.09 bits per heavy atom. The second kappa shape index (κ2) is 10.1. The fraction of sp³-hybridized carbons (Fsp3) is 0.429. The summed E-state index contributed by atoms with van der Waals surface area (Å²) < 4.78 is 17.9. The van der Waals surface area contributed by atoms with Crippen LogP contribution in [0.3, 0.4) is 0 Å². The summed E-state index contributed by atoms with van der Waals surface area (Å²) in [5, 5.41) is 10.2. The number of rotatable bonds is 9. The third kappa shape index (κ3) is 4.65. The van der Waals surface area contributed by atoms with Gasteiger partial charge in [-0.25, -0.2) is 0 Å². The molecule has 0 saturated carbocycles. The Hall–Kier alpha value is -3.32. The molecule has 1 unspecified atom stereocenters. The van der Waals surface area contributed by atoms with E-state index in [1.54, 1.807) is 6.07 Å². The van der Waals surface area contributed by atoms with Gasteiger partial charge in [0.15, 0.2) is 16.9 Å². The lowest BCUT2D eigenvalue weighted by Crippen LogP contribution is -2.32. The van der Waals surface area contributed by atoms with Gasteiger partial charge in [0.1, 0.15) is 5.58 Å². The number of nitrogens with zero attached hydrogens (tertiary/aromatic N) is 1. The number of carbonyl (C=O) groups excluding carboxylic acids is 1. The largest absolute Gasteiger partial charge is 0.490 e. The standard InChI is InChI=1S/C28H33NO6/c1-6-33-22-15-19(7-8-21(22)34-12-9-16(2)3)24-23-25(31)20-14-17(4)13-18(5)26(20)35-27(23)28(32)29(24)10-11-30/h7-8,13-16,24,30H,6,9-12H2,1-5H3. The van der Waals surface area contributed by atoms with Gasteiger partial charge in [-0.3, -0.25) is 9.59 Å². The molecule has 1 aliphatic heterocycles. The Kier molecular flexibility index (Phi) is 7.17. The molecule has 0 bridgehead atoms.